The van der Waals surface area contributed by atoms with Gasteiger partial charge in [0.2, 0.25) is 5.95 Å². The largest absolute Gasteiger partial charge is 0.337 e. The lowest BCUT2D eigenvalue weighted by atomic mass is 10.2. The van der Waals surface area contributed by atoms with Gasteiger partial charge in [-0.25, -0.2) is 4.79 Å². The van der Waals surface area contributed by atoms with Crippen molar-refractivity contribution in [2.24, 2.45) is 14.1 Å². The lowest BCUT2D eigenvalue weighted by Gasteiger charge is -2.23. The molecule has 2 aromatic heterocycles. The van der Waals surface area contributed by atoms with Gasteiger partial charge in [-0.3, -0.25) is 13.9 Å². The summed E-state index contributed by atoms with van der Waals surface area (Å²) in [6, 6.07) is 0.531. The first-order valence-corrected chi connectivity index (χ1v) is 7.52. The number of aromatic nitrogens is 4. The predicted molar refractivity (Wildman–Crippen MR) is 79.8 cm³/mol. The Hall–Kier alpha value is -2.05. The number of fused-ring (bicyclic) bond motifs is 3. The average Bonchev–Trinajstić information content (AvgIpc) is 3.17. The normalized spacial score (nSPS) is 18.9. The van der Waals surface area contributed by atoms with Crippen LogP contribution >= 0.6 is 0 Å². The van der Waals surface area contributed by atoms with E-state index in [1.807, 2.05) is 4.57 Å². The second-order valence-electron chi connectivity index (χ2n) is 6.07. The minimum Gasteiger partial charge on any atom is -0.337 e. The van der Waals surface area contributed by atoms with Gasteiger partial charge in [-0.1, -0.05) is 12.8 Å². The molecule has 0 N–H and O–H groups in total. The van der Waals surface area contributed by atoms with Gasteiger partial charge in [-0.05, 0) is 12.8 Å². The van der Waals surface area contributed by atoms with Gasteiger partial charge in [0.1, 0.15) is 0 Å². The zero-order chi connectivity index (χ0) is 14.7. The molecule has 0 spiro atoms. The van der Waals surface area contributed by atoms with Gasteiger partial charge >= 0.3 is 5.69 Å². The maximum atomic E-state index is 12.4. The molecule has 7 nitrogen and oxygen atoms in total. The predicted octanol–water partition coefficient (Wildman–Crippen LogP) is 0.196. The van der Waals surface area contributed by atoms with Gasteiger partial charge in [-0.15, -0.1) is 0 Å². The minimum atomic E-state index is -0.323. The molecule has 0 amide bonds. The second kappa shape index (κ2) is 4.22. The Labute approximate surface area is 121 Å². The molecule has 3 heterocycles. The Morgan fingerprint density at radius 1 is 1.05 bits per heavy atom. The van der Waals surface area contributed by atoms with Gasteiger partial charge in [0.15, 0.2) is 11.2 Å². The van der Waals surface area contributed by atoms with Crippen molar-refractivity contribution >= 4 is 17.1 Å². The van der Waals surface area contributed by atoms with E-state index in [1.165, 1.54) is 37.3 Å². The highest BCUT2D eigenvalue weighted by atomic mass is 16.2. The topological polar surface area (TPSA) is 65.1 Å². The van der Waals surface area contributed by atoms with Crippen molar-refractivity contribution in [3.63, 3.8) is 0 Å². The van der Waals surface area contributed by atoms with Crippen LogP contribution in [0.1, 0.15) is 25.7 Å². The Bertz CT molecular complexity index is 838. The van der Waals surface area contributed by atoms with Crippen molar-refractivity contribution in [2.45, 2.75) is 38.3 Å². The molecule has 21 heavy (non-hydrogen) atoms. The first-order valence-electron chi connectivity index (χ1n) is 7.52. The summed E-state index contributed by atoms with van der Waals surface area (Å²) in [6.45, 7) is 1.69. The number of imidazole rings is 1. The van der Waals surface area contributed by atoms with E-state index in [2.05, 4.69) is 9.88 Å². The van der Waals surface area contributed by atoms with Crippen LogP contribution in [0.2, 0.25) is 0 Å². The molecule has 112 valence electrons. The SMILES string of the molecule is Cn1c(=O)c2c(nc3n2CCN3C2CCCC2)n(C)c1=O. The fraction of sp³-hybridized carbons (Fsp3) is 0.643. The van der Waals surface area contributed by atoms with Crippen LogP contribution in [-0.2, 0) is 20.6 Å². The van der Waals surface area contributed by atoms with Crippen molar-refractivity contribution in [3.05, 3.63) is 20.8 Å². The van der Waals surface area contributed by atoms with E-state index in [0.29, 0.717) is 17.2 Å². The van der Waals surface area contributed by atoms with Crippen molar-refractivity contribution in [2.75, 3.05) is 11.4 Å². The summed E-state index contributed by atoms with van der Waals surface area (Å²) in [5.74, 6) is 0.857. The molecule has 1 aliphatic heterocycles. The highest BCUT2D eigenvalue weighted by molar-refractivity contribution is 5.75. The quantitative estimate of drug-likeness (QED) is 0.752. The zero-order valence-corrected chi connectivity index (χ0v) is 12.4. The number of hydrogen-bond acceptors (Lipinski definition) is 4. The number of aryl methyl sites for hydroxylation is 1. The third kappa shape index (κ3) is 1.57. The third-order valence-electron chi connectivity index (χ3n) is 4.91. The molecule has 2 aromatic rings. The number of anilines is 1. The summed E-state index contributed by atoms with van der Waals surface area (Å²) < 4.78 is 4.61. The van der Waals surface area contributed by atoms with Gasteiger partial charge < -0.3 is 9.47 Å². The summed E-state index contributed by atoms with van der Waals surface area (Å²) in [4.78, 5) is 31.4. The molecule has 0 bridgehead atoms. The smallest absolute Gasteiger partial charge is 0.332 e. The van der Waals surface area contributed by atoms with E-state index in [1.54, 1.807) is 7.05 Å². The molecule has 1 fully saturated rings. The standard InChI is InChI=1S/C14H19N5O2/c1-16-11-10(12(20)17(2)14(16)21)19-8-7-18(13(19)15-11)9-5-3-4-6-9/h9H,3-8H2,1-2H3. The average molecular weight is 289 g/mol. The van der Waals surface area contributed by atoms with Crippen LogP contribution in [0.15, 0.2) is 9.59 Å². The Kier molecular flexibility index (Phi) is 2.55. The highest BCUT2D eigenvalue weighted by Gasteiger charge is 2.32. The van der Waals surface area contributed by atoms with Gasteiger partial charge in [0.05, 0.1) is 0 Å². The molecule has 7 heteroatoms. The summed E-state index contributed by atoms with van der Waals surface area (Å²) in [5, 5.41) is 0. The van der Waals surface area contributed by atoms with E-state index < -0.39 is 0 Å². The fourth-order valence-corrected chi connectivity index (χ4v) is 3.74. The lowest BCUT2D eigenvalue weighted by Crippen LogP contribution is -2.37. The highest BCUT2D eigenvalue weighted by Crippen LogP contribution is 2.32. The molecular weight excluding hydrogens is 270 g/mol. The maximum absolute atomic E-state index is 12.4. The number of hydrogen-bond donors (Lipinski definition) is 0. The second-order valence-corrected chi connectivity index (χ2v) is 6.07. The molecule has 4 rings (SSSR count). The monoisotopic (exact) mass is 289 g/mol. The van der Waals surface area contributed by atoms with Crippen LogP contribution in [0, 0.1) is 0 Å². The van der Waals surface area contributed by atoms with Crippen LogP contribution < -0.4 is 16.1 Å². The van der Waals surface area contributed by atoms with Crippen LogP contribution in [0.25, 0.3) is 11.2 Å². The summed E-state index contributed by atoms with van der Waals surface area (Å²) in [5.41, 5.74) is 0.479. The summed E-state index contributed by atoms with van der Waals surface area (Å²) in [7, 11) is 3.19. The minimum absolute atomic E-state index is 0.250. The van der Waals surface area contributed by atoms with E-state index in [9.17, 15) is 9.59 Å². The molecule has 0 aromatic carbocycles. The molecular formula is C14H19N5O2. The van der Waals surface area contributed by atoms with Crippen molar-refractivity contribution in [1.82, 2.24) is 18.7 Å². The zero-order valence-electron chi connectivity index (χ0n) is 12.4. The van der Waals surface area contributed by atoms with E-state index in [4.69, 9.17) is 0 Å². The van der Waals surface area contributed by atoms with Crippen LogP contribution in [0.5, 0.6) is 0 Å². The summed E-state index contributed by atoms with van der Waals surface area (Å²) >= 11 is 0. The van der Waals surface area contributed by atoms with E-state index >= 15 is 0 Å². The van der Waals surface area contributed by atoms with Crippen LogP contribution in [0.3, 0.4) is 0 Å². The van der Waals surface area contributed by atoms with E-state index in [-0.39, 0.29) is 11.2 Å². The van der Waals surface area contributed by atoms with E-state index in [0.717, 1.165) is 23.6 Å². The van der Waals surface area contributed by atoms with Crippen molar-refractivity contribution in [3.8, 4) is 0 Å². The molecule has 2 aliphatic rings. The van der Waals surface area contributed by atoms with Crippen LogP contribution in [0.4, 0.5) is 5.95 Å². The summed E-state index contributed by atoms with van der Waals surface area (Å²) in [6.07, 6.45) is 4.92. The van der Waals surface area contributed by atoms with Gasteiger partial charge in [0, 0.05) is 33.2 Å². The molecule has 0 radical (unpaired) electrons. The fourth-order valence-electron chi connectivity index (χ4n) is 3.74. The molecule has 0 unspecified atom stereocenters. The molecule has 0 saturated heterocycles. The first-order chi connectivity index (χ1) is 10.1. The molecule has 1 aliphatic carbocycles. The molecule has 1 saturated carbocycles. The number of rotatable bonds is 1. The first kappa shape index (κ1) is 12.7. The number of nitrogens with zero attached hydrogens (tertiary/aromatic N) is 5. The maximum Gasteiger partial charge on any atom is 0.332 e. The third-order valence-corrected chi connectivity index (χ3v) is 4.91. The van der Waals surface area contributed by atoms with Gasteiger partial charge in [0.25, 0.3) is 5.56 Å². The lowest BCUT2D eigenvalue weighted by molar-refractivity contribution is 0.617. The van der Waals surface area contributed by atoms with Crippen molar-refractivity contribution in [1.29, 1.82) is 0 Å². The Morgan fingerprint density at radius 3 is 2.48 bits per heavy atom. The Balaban J connectivity index is 1.97. The Morgan fingerprint density at radius 2 is 1.76 bits per heavy atom. The van der Waals surface area contributed by atoms with Crippen molar-refractivity contribution < 1.29 is 0 Å². The van der Waals surface area contributed by atoms with Gasteiger partial charge in [-0.2, -0.15) is 4.98 Å². The van der Waals surface area contributed by atoms with Crippen LogP contribution in [-0.4, -0.2) is 31.3 Å². The molecule has 0 atom stereocenters.